The van der Waals surface area contributed by atoms with Crippen LogP contribution in [-0.2, 0) is 0 Å². The van der Waals surface area contributed by atoms with Crippen LogP contribution in [0, 0.1) is 9.82 Å². The van der Waals surface area contributed by atoms with Gasteiger partial charge in [-0.2, -0.15) is 0 Å². The van der Waals surface area contributed by atoms with Crippen LogP contribution in [0.25, 0.3) is 0 Å². The fourth-order valence-electron chi connectivity index (χ4n) is 1.88. The van der Waals surface area contributed by atoms with Gasteiger partial charge in [0, 0.05) is 28.5 Å². The van der Waals surface area contributed by atoms with Crippen molar-refractivity contribution in [3.8, 4) is 0 Å². The third kappa shape index (κ3) is 1.48. The van der Waals surface area contributed by atoms with E-state index in [0.29, 0.717) is 15.7 Å². The molecule has 12 heavy (non-hydrogen) atoms. The molecule has 1 aromatic heterocycles. The van der Waals surface area contributed by atoms with Crippen LogP contribution in [0.15, 0.2) is 4.42 Å². The summed E-state index contributed by atoms with van der Waals surface area (Å²) in [6.45, 7) is 2.26. The van der Waals surface area contributed by atoms with Gasteiger partial charge in [0.2, 0.25) is 5.89 Å². The predicted octanol–water partition coefficient (Wildman–Crippen LogP) is 2.58. The van der Waals surface area contributed by atoms with Crippen molar-refractivity contribution < 1.29 is 4.42 Å². The van der Waals surface area contributed by atoms with E-state index in [0.717, 1.165) is 5.89 Å². The summed E-state index contributed by atoms with van der Waals surface area (Å²) in [5, 5.41) is 7.89. The standard InChI is InChI=1S/C8H11IN2O/c1-5-3-2-4-6(5)7-10-11-8(9)12-7/h5-6H,2-4H2,1H3. The van der Waals surface area contributed by atoms with Gasteiger partial charge in [-0.05, 0) is 18.8 Å². The van der Waals surface area contributed by atoms with Crippen LogP contribution in [0.5, 0.6) is 0 Å². The molecule has 1 aromatic rings. The van der Waals surface area contributed by atoms with Gasteiger partial charge >= 0.3 is 0 Å². The number of hydrogen-bond acceptors (Lipinski definition) is 3. The summed E-state index contributed by atoms with van der Waals surface area (Å²) in [5.74, 6) is 2.06. The molecule has 4 heteroatoms. The maximum absolute atomic E-state index is 5.40. The second kappa shape index (κ2) is 3.32. The monoisotopic (exact) mass is 278 g/mol. The summed E-state index contributed by atoms with van der Waals surface area (Å²) in [4.78, 5) is 0. The van der Waals surface area contributed by atoms with Gasteiger partial charge in [0.1, 0.15) is 0 Å². The van der Waals surface area contributed by atoms with Crippen LogP contribution in [0.3, 0.4) is 0 Å². The number of nitrogens with zero attached hydrogens (tertiary/aromatic N) is 2. The Bertz CT molecular complexity index is 274. The van der Waals surface area contributed by atoms with E-state index in [9.17, 15) is 0 Å². The van der Waals surface area contributed by atoms with E-state index in [1.54, 1.807) is 0 Å². The Morgan fingerprint density at radius 1 is 1.42 bits per heavy atom. The predicted molar refractivity (Wildman–Crippen MR) is 52.8 cm³/mol. The molecule has 0 N–H and O–H groups in total. The molecule has 0 amide bonds. The van der Waals surface area contributed by atoms with Crippen molar-refractivity contribution in [2.24, 2.45) is 5.92 Å². The minimum Gasteiger partial charge on any atom is -0.416 e. The SMILES string of the molecule is CC1CCCC1c1nnc(I)o1. The fourth-order valence-corrected chi connectivity index (χ4v) is 2.21. The Morgan fingerprint density at radius 3 is 2.75 bits per heavy atom. The summed E-state index contributed by atoms with van der Waals surface area (Å²) in [7, 11) is 0. The third-order valence-corrected chi connectivity index (χ3v) is 3.03. The van der Waals surface area contributed by atoms with Crippen molar-refractivity contribution >= 4 is 22.6 Å². The van der Waals surface area contributed by atoms with Gasteiger partial charge in [0.25, 0.3) is 3.90 Å². The van der Waals surface area contributed by atoms with Gasteiger partial charge in [-0.15, -0.1) is 10.2 Å². The number of halogens is 1. The molecule has 3 nitrogen and oxygen atoms in total. The normalized spacial score (nSPS) is 29.5. The van der Waals surface area contributed by atoms with E-state index in [1.165, 1.54) is 19.3 Å². The highest BCUT2D eigenvalue weighted by molar-refractivity contribution is 14.1. The van der Waals surface area contributed by atoms with Gasteiger partial charge in [-0.1, -0.05) is 13.3 Å². The fraction of sp³-hybridized carbons (Fsp3) is 0.750. The van der Waals surface area contributed by atoms with E-state index in [-0.39, 0.29) is 0 Å². The first-order valence-electron chi connectivity index (χ1n) is 4.26. The smallest absolute Gasteiger partial charge is 0.278 e. The molecule has 1 heterocycles. The molecular formula is C8H11IN2O. The molecule has 2 rings (SSSR count). The maximum atomic E-state index is 5.40. The van der Waals surface area contributed by atoms with Crippen molar-refractivity contribution in [1.29, 1.82) is 0 Å². The number of hydrogen-bond donors (Lipinski definition) is 0. The molecule has 66 valence electrons. The zero-order valence-corrected chi connectivity index (χ0v) is 9.11. The van der Waals surface area contributed by atoms with E-state index in [1.807, 2.05) is 0 Å². The molecule has 0 saturated heterocycles. The van der Waals surface area contributed by atoms with Gasteiger partial charge in [0.05, 0.1) is 0 Å². The van der Waals surface area contributed by atoms with Crippen LogP contribution in [0.2, 0.25) is 0 Å². The Labute approximate surface area is 85.1 Å². The van der Waals surface area contributed by atoms with Gasteiger partial charge < -0.3 is 4.42 Å². The molecule has 0 aromatic carbocycles. The molecule has 1 aliphatic rings. The van der Waals surface area contributed by atoms with Crippen LogP contribution >= 0.6 is 22.6 Å². The second-order valence-corrected chi connectivity index (χ2v) is 4.33. The number of rotatable bonds is 1. The topological polar surface area (TPSA) is 38.9 Å². The van der Waals surface area contributed by atoms with Crippen LogP contribution in [-0.4, -0.2) is 10.2 Å². The highest BCUT2D eigenvalue weighted by Gasteiger charge is 2.29. The summed E-state index contributed by atoms with van der Waals surface area (Å²) in [5.41, 5.74) is 0. The third-order valence-electron chi connectivity index (χ3n) is 2.59. The molecule has 1 fully saturated rings. The Hall–Kier alpha value is -0.130. The first-order chi connectivity index (χ1) is 5.77. The van der Waals surface area contributed by atoms with Gasteiger partial charge in [-0.25, -0.2) is 0 Å². The lowest BCUT2D eigenvalue weighted by Crippen LogP contribution is -2.01. The zero-order valence-electron chi connectivity index (χ0n) is 6.96. The maximum Gasteiger partial charge on any atom is 0.278 e. The van der Waals surface area contributed by atoms with E-state index >= 15 is 0 Å². The minimum atomic E-state index is 0.515. The average molecular weight is 278 g/mol. The minimum absolute atomic E-state index is 0.515. The number of aromatic nitrogens is 2. The highest BCUT2D eigenvalue weighted by Crippen LogP contribution is 2.38. The van der Waals surface area contributed by atoms with Crippen molar-refractivity contribution in [2.45, 2.75) is 32.1 Å². The molecular weight excluding hydrogens is 267 g/mol. The summed E-state index contributed by atoms with van der Waals surface area (Å²) < 4.78 is 6.06. The molecule has 0 spiro atoms. The van der Waals surface area contributed by atoms with Crippen molar-refractivity contribution in [2.75, 3.05) is 0 Å². The van der Waals surface area contributed by atoms with Gasteiger partial charge in [0.15, 0.2) is 0 Å². The first kappa shape index (κ1) is 8.47. The largest absolute Gasteiger partial charge is 0.416 e. The second-order valence-electron chi connectivity index (χ2n) is 3.41. The molecule has 1 aliphatic carbocycles. The summed E-state index contributed by atoms with van der Waals surface area (Å²) in [6.07, 6.45) is 3.80. The molecule has 0 bridgehead atoms. The average Bonchev–Trinajstić information content (AvgIpc) is 2.58. The lowest BCUT2D eigenvalue weighted by molar-refractivity contribution is 0.388. The summed E-state index contributed by atoms with van der Waals surface area (Å²) in [6, 6.07) is 0. The Balaban J connectivity index is 2.19. The Morgan fingerprint density at radius 2 is 2.25 bits per heavy atom. The van der Waals surface area contributed by atoms with E-state index in [2.05, 4.69) is 39.7 Å². The molecule has 2 unspecified atom stereocenters. The van der Waals surface area contributed by atoms with E-state index < -0.39 is 0 Å². The first-order valence-corrected chi connectivity index (χ1v) is 5.34. The quantitative estimate of drug-likeness (QED) is 0.741. The van der Waals surface area contributed by atoms with Crippen molar-refractivity contribution in [3.63, 3.8) is 0 Å². The summed E-state index contributed by atoms with van der Waals surface area (Å²) >= 11 is 2.05. The van der Waals surface area contributed by atoms with Crippen LogP contribution < -0.4 is 0 Å². The Kier molecular flexibility index (Phi) is 2.34. The van der Waals surface area contributed by atoms with Crippen molar-refractivity contribution in [1.82, 2.24) is 10.2 Å². The van der Waals surface area contributed by atoms with Crippen molar-refractivity contribution in [3.05, 3.63) is 9.79 Å². The van der Waals surface area contributed by atoms with Crippen LogP contribution in [0.1, 0.15) is 38.0 Å². The molecule has 1 saturated carbocycles. The highest BCUT2D eigenvalue weighted by atomic mass is 127. The molecule has 0 aliphatic heterocycles. The van der Waals surface area contributed by atoms with Crippen LogP contribution in [0.4, 0.5) is 0 Å². The zero-order chi connectivity index (χ0) is 8.55. The van der Waals surface area contributed by atoms with E-state index in [4.69, 9.17) is 4.42 Å². The molecule has 0 radical (unpaired) electrons. The lowest BCUT2D eigenvalue weighted by Gasteiger charge is -2.08. The van der Waals surface area contributed by atoms with Gasteiger partial charge in [-0.3, -0.25) is 0 Å². The molecule has 2 atom stereocenters. The lowest BCUT2D eigenvalue weighted by atomic mass is 9.98.